The fourth-order valence-electron chi connectivity index (χ4n) is 3.79. The summed E-state index contributed by atoms with van der Waals surface area (Å²) in [5.74, 6) is 0.134. The first kappa shape index (κ1) is 19.1. The number of anilines is 1. The molecular formula is C19H23N3O5S. The molecule has 1 aromatic heterocycles. The number of aromatic nitrogens is 1. The lowest BCUT2D eigenvalue weighted by Gasteiger charge is -2.28. The Kier molecular flexibility index (Phi) is 4.98. The molecule has 1 amide bonds. The van der Waals surface area contributed by atoms with Crippen LogP contribution >= 0.6 is 0 Å². The topological polar surface area (TPSA) is 102 Å². The Morgan fingerprint density at radius 2 is 2.11 bits per heavy atom. The number of hydrogen-bond donors (Lipinski definition) is 1. The maximum atomic E-state index is 13.1. The normalized spacial score (nSPS) is 20.1. The predicted octanol–water partition coefficient (Wildman–Crippen LogP) is 2.16. The largest absolute Gasteiger partial charge is 0.368 e. The molecule has 2 aromatic rings. The van der Waals surface area contributed by atoms with E-state index in [1.165, 1.54) is 4.31 Å². The lowest BCUT2D eigenvalue weighted by Crippen LogP contribution is -2.36. The van der Waals surface area contributed by atoms with E-state index < -0.39 is 16.1 Å². The molecule has 1 aromatic carbocycles. The lowest BCUT2D eigenvalue weighted by atomic mass is 10.0. The van der Waals surface area contributed by atoms with E-state index in [4.69, 9.17) is 9.26 Å². The van der Waals surface area contributed by atoms with Crippen LogP contribution in [0, 0.1) is 13.8 Å². The SMILES string of the molecule is Cc1noc(C)c1S(=O)(=O)N1CCc2ccc(NC(=O)[C@H]3CCCO3)cc2C1. The third-order valence-electron chi connectivity index (χ3n) is 5.24. The van der Waals surface area contributed by atoms with Gasteiger partial charge in [0.1, 0.15) is 16.7 Å². The standard InChI is InChI=1S/C19H23N3O5S/c1-12-18(13(2)27-21-12)28(24,25)22-8-7-14-5-6-16(10-15(14)11-22)20-19(23)17-4-3-9-26-17/h5-6,10,17H,3-4,7-9,11H2,1-2H3,(H,20,23)/t17-/m1/s1. The molecule has 2 aliphatic heterocycles. The summed E-state index contributed by atoms with van der Waals surface area (Å²) in [7, 11) is -3.70. The maximum Gasteiger partial charge on any atom is 0.253 e. The minimum atomic E-state index is -3.70. The van der Waals surface area contributed by atoms with Crippen molar-refractivity contribution < 1.29 is 22.5 Å². The summed E-state index contributed by atoms with van der Waals surface area (Å²) in [5.41, 5.74) is 2.98. The Bertz CT molecular complexity index is 989. The van der Waals surface area contributed by atoms with Gasteiger partial charge in [-0.1, -0.05) is 11.2 Å². The van der Waals surface area contributed by atoms with Gasteiger partial charge in [-0.3, -0.25) is 4.79 Å². The van der Waals surface area contributed by atoms with E-state index >= 15 is 0 Å². The third-order valence-corrected chi connectivity index (χ3v) is 7.33. The molecule has 28 heavy (non-hydrogen) atoms. The number of hydrogen-bond acceptors (Lipinski definition) is 6. The highest BCUT2D eigenvalue weighted by Gasteiger charge is 2.33. The smallest absolute Gasteiger partial charge is 0.253 e. The minimum absolute atomic E-state index is 0.138. The molecule has 0 saturated carbocycles. The van der Waals surface area contributed by atoms with Crippen LogP contribution in [0.5, 0.6) is 0 Å². The van der Waals surface area contributed by atoms with Crippen molar-refractivity contribution in [3.05, 3.63) is 40.8 Å². The van der Waals surface area contributed by atoms with Gasteiger partial charge in [0, 0.05) is 25.4 Å². The first-order valence-electron chi connectivity index (χ1n) is 9.33. The number of carbonyl (C=O) groups is 1. The summed E-state index contributed by atoms with van der Waals surface area (Å²) < 4.78 is 38.0. The highest BCUT2D eigenvalue weighted by molar-refractivity contribution is 7.89. The number of sulfonamides is 1. The summed E-state index contributed by atoms with van der Waals surface area (Å²) in [6.07, 6.45) is 1.81. The Labute approximate surface area is 163 Å². The second-order valence-electron chi connectivity index (χ2n) is 7.22. The molecule has 0 spiro atoms. The second kappa shape index (κ2) is 7.31. The number of nitrogens with one attached hydrogen (secondary N) is 1. The van der Waals surface area contributed by atoms with Crippen molar-refractivity contribution in [2.45, 2.75) is 50.7 Å². The van der Waals surface area contributed by atoms with Crippen molar-refractivity contribution in [1.82, 2.24) is 9.46 Å². The van der Waals surface area contributed by atoms with Crippen LogP contribution in [0.1, 0.15) is 35.4 Å². The van der Waals surface area contributed by atoms with Gasteiger partial charge in [-0.05, 0) is 56.4 Å². The monoisotopic (exact) mass is 405 g/mol. The maximum absolute atomic E-state index is 13.1. The van der Waals surface area contributed by atoms with Gasteiger partial charge >= 0.3 is 0 Å². The van der Waals surface area contributed by atoms with Crippen LogP contribution in [0.4, 0.5) is 5.69 Å². The molecule has 0 aliphatic carbocycles. The van der Waals surface area contributed by atoms with Crippen LogP contribution in [0.25, 0.3) is 0 Å². The Balaban J connectivity index is 1.55. The van der Waals surface area contributed by atoms with Crippen LogP contribution in [-0.4, -0.2) is 43.0 Å². The van der Waals surface area contributed by atoms with Crippen molar-refractivity contribution >= 4 is 21.6 Å². The molecule has 0 radical (unpaired) electrons. The molecular weight excluding hydrogens is 382 g/mol. The van der Waals surface area contributed by atoms with Gasteiger partial charge in [0.2, 0.25) is 10.0 Å². The minimum Gasteiger partial charge on any atom is -0.368 e. The van der Waals surface area contributed by atoms with Crippen molar-refractivity contribution in [2.24, 2.45) is 0 Å². The quantitative estimate of drug-likeness (QED) is 0.836. The van der Waals surface area contributed by atoms with E-state index in [9.17, 15) is 13.2 Å². The van der Waals surface area contributed by atoms with Crippen LogP contribution in [-0.2, 0) is 32.5 Å². The number of amides is 1. The summed E-state index contributed by atoms with van der Waals surface area (Å²) in [5, 5.41) is 6.64. The Morgan fingerprint density at radius 3 is 2.79 bits per heavy atom. The van der Waals surface area contributed by atoms with Crippen LogP contribution in [0.3, 0.4) is 0 Å². The van der Waals surface area contributed by atoms with Gasteiger partial charge in [-0.25, -0.2) is 8.42 Å². The number of rotatable bonds is 4. The molecule has 9 heteroatoms. The van der Waals surface area contributed by atoms with Crippen LogP contribution < -0.4 is 5.32 Å². The van der Waals surface area contributed by atoms with Crippen LogP contribution in [0.2, 0.25) is 0 Å². The fourth-order valence-corrected chi connectivity index (χ4v) is 5.50. The van der Waals surface area contributed by atoms with Gasteiger partial charge in [0.25, 0.3) is 5.91 Å². The van der Waals surface area contributed by atoms with Gasteiger partial charge in [0.05, 0.1) is 0 Å². The third kappa shape index (κ3) is 3.45. The Hall–Kier alpha value is -2.23. The zero-order valence-electron chi connectivity index (χ0n) is 15.9. The summed E-state index contributed by atoms with van der Waals surface area (Å²) in [6, 6.07) is 5.64. The zero-order valence-corrected chi connectivity index (χ0v) is 16.7. The molecule has 4 rings (SSSR count). The molecule has 150 valence electrons. The van der Waals surface area contributed by atoms with Gasteiger partial charge < -0.3 is 14.6 Å². The highest BCUT2D eigenvalue weighted by Crippen LogP contribution is 2.30. The molecule has 0 bridgehead atoms. The number of nitrogens with zero attached hydrogens (tertiary/aromatic N) is 2. The van der Waals surface area contributed by atoms with Crippen molar-refractivity contribution in [2.75, 3.05) is 18.5 Å². The van der Waals surface area contributed by atoms with E-state index in [0.29, 0.717) is 36.7 Å². The molecule has 0 unspecified atom stereocenters. The van der Waals surface area contributed by atoms with Crippen LogP contribution in [0.15, 0.2) is 27.6 Å². The number of carbonyl (C=O) groups excluding carboxylic acids is 1. The number of ether oxygens (including phenoxy) is 1. The summed E-state index contributed by atoms with van der Waals surface area (Å²) in [6.45, 7) is 4.46. The summed E-state index contributed by atoms with van der Waals surface area (Å²) in [4.78, 5) is 12.4. The van der Waals surface area contributed by atoms with E-state index in [0.717, 1.165) is 24.0 Å². The van der Waals surface area contributed by atoms with E-state index in [1.54, 1.807) is 13.8 Å². The van der Waals surface area contributed by atoms with E-state index in [1.807, 2.05) is 18.2 Å². The molecule has 1 atom stereocenters. The average molecular weight is 405 g/mol. The van der Waals surface area contributed by atoms with Gasteiger partial charge in [-0.2, -0.15) is 4.31 Å². The first-order valence-corrected chi connectivity index (χ1v) is 10.8. The molecule has 3 heterocycles. The molecule has 1 saturated heterocycles. The number of fused-ring (bicyclic) bond motifs is 1. The van der Waals surface area contributed by atoms with Gasteiger partial charge in [-0.15, -0.1) is 0 Å². The van der Waals surface area contributed by atoms with Crippen molar-refractivity contribution in [3.63, 3.8) is 0 Å². The lowest BCUT2D eigenvalue weighted by molar-refractivity contribution is -0.124. The molecule has 1 fully saturated rings. The fraction of sp³-hybridized carbons (Fsp3) is 0.474. The predicted molar refractivity (Wildman–Crippen MR) is 101 cm³/mol. The molecule has 8 nitrogen and oxygen atoms in total. The molecule has 1 N–H and O–H groups in total. The van der Waals surface area contributed by atoms with E-state index in [2.05, 4.69) is 10.5 Å². The number of aryl methyl sites for hydroxylation is 2. The average Bonchev–Trinajstić information content (AvgIpc) is 3.31. The van der Waals surface area contributed by atoms with Crippen molar-refractivity contribution in [1.29, 1.82) is 0 Å². The second-order valence-corrected chi connectivity index (χ2v) is 9.09. The van der Waals surface area contributed by atoms with E-state index in [-0.39, 0.29) is 17.3 Å². The number of benzene rings is 1. The first-order chi connectivity index (χ1) is 13.4. The highest BCUT2D eigenvalue weighted by atomic mass is 32.2. The van der Waals surface area contributed by atoms with Gasteiger partial charge in [0.15, 0.2) is 5.76 Å². The Morgan fingerprint density at radius 1 is 1.29 bits per heavy atom. The molecule has 2 aliphatic rings. The zero-order chi connectivity index (χ0) is 19.9. The van der Waals surface area contributed by atoms with Crippen molar-refractivity contribution in [3.8, 4) is 0 Å². The summed E-state index contributed by atoms with van der Waals surface area (Å²) >= 11 is 0.